The van der Waals surface area contributed by atoms with Crippen LogP contribution < -0.4 is 5.32 Å². The maximum Gasteiger partial charge on any atom is 0.163 e. The minimum Gasteiger partial charge on any atom is -0.326 e. The predicted octanol–water partition coefficient (Wildman–Crippen LogP) is 1.76. The molecule has 2 aromatic heterocycles. The van der Waals surface area contributed by atoms with Gasteiger partial charge in [-0.05, 0) is 38.1 Å². The van der Waals surface area contributed by atoms with Crippen LogP contribution in [0.5, 0.6) is 0 Å². The quantitative estimate of drug-likeness (QED) is 0.778. The lowest BCUT2D eigenvalue weighted by atomic mass is 10.1. The third kappa shape index (κ3) is 2.12. The van der Waals surface area contributed by atoms with Crippen LogP contribution in [0, 0.1) is 0 Å². The number of hydrogen-bond acceptors (Lipinski definition) is 4. The molecule has 0 unspecified atom stereocenters. The summed E-state index contributed by atoms with van der Waals surface area (Å²) in [6.45, 7) is 2.10. The Bertz CT molecular complexity index is 765. The highest BCUT2D eigenvalue weighted by Gasteiger charge is 2.18. The smallest absolute Gasteiger partial charge is 0.163 e. The molecule has 1 saturated heterocycles. The SMILES string of the molecule is Cn1c(-c2cn(C3CCNCC3)nn2)nc2ccccc21. The van der Waals surface area contributed by atoms with Crippen molar-refractivity contribution < 1.29 is 0 Å². The minimum absolute atomic E-state index is 0.446. The minimum atomic E-state index is 0.446. The lowest BCUT2D eigenvalue weighted by Gasteiger charge is -2.22. The van der Waals surface area contributed by atoms with Crippen molar-refractivity contribution in [1.82, 2.24) is 29.9 Å². The van der Waals surface area contributed by atoms with Crippen LogP contribution in [0.15, 0.2) is 30.5 Å². The molecule has 1 aliphatic rings. The number of benzene rings is 1. The van der Waals surface area contributed by atoms with Gasteiger partial charge in [0.15, 0.2) is 5.82 Å². The number of para-hydroxylation sites is 2. The molecule has 21 heavy (non-hydrogen) atoms. The van der Waals surface area contributed by atoms with Crippen LogP contribution in [0.25, 0.3) is 22.6 Å². The van der Waals surface area contributed by atoms with Crippen LogP contribution in [0.4, 0.5) is 0 Å². The molecule has 0 atom stereocenters. The molecule has 0 spiro atoms. The molecule has 4 rings (SSSR count). The van der Waals surface area contributed by atoms with Crippen LogP contribution in [0.3, 0.4) is 0 Å². The third-order valence-corrected chi connectivity index (χ3v) is 4.21. The first-order valence-electron chi connectivity index (χ1n) is 7.37. The van der Waals surface area contributed by atoms with Crippen molar-refractivity contribution in [3.63, 3.8) is 0 Å². The maximum absolute atomic E-state index is 4.68. The Hall–Kier alpha value is -2.21. The Labute approximate surface area is 122 Å². The molecule has 1 fully saturated rings. The van der Waals surface area contributed by atoms with Gasteiger partial charge in [0.1, 0.15) is 5.69 Å². The molecule has 1 aliphatic heterocycles. The number of aryl methyl sites for hydroxylation is 1. The molecule has 0 bridgehead atoms. The van der Waals surface area contributed by atoms with E-state index < -0.39 is 0 Å². The van der Waals surface area contributed by atoms with Gasteiger partial charge in [-0.1, -0.05) is 17.3 Å². The second-order valence-corrected chi connectivity index (χ2v) is 5.55. The van der Waals surface area contributed by atoms with E-state index in [2.05, 4.69) is 31.2 Å². The number of fused-ring (bicyclic) bond motifs is 1. The first-order chi connectivity index (χ1) is 10.3. The molecule has 3 heterocycles. The zero-order chi connectivity index (χ0) is 14.2. The number of hydrogen-bond donors (Lipinski definition) is 1. The molecule has 1 N–H and O–H groups in total. The van der Waals surface area contributed by atoms with Gasteiger partial charge >= 0.3 is 0 Å². The van der Waals surface area contributed by atoms with E-state index in [1.165, 1.54) is 0 Å². The van der Waals surface area contributed by atoms with Crippen molar-refractivity contribution in [2.24, 2.45) is 7.05 Å². The van der Waals surface area contributed by atoms with E-state index in [9.17, 15) is 0 Å². The van der Waals surface area contributed by atoms with Gasteiger partial charge in [0, 0.05) is 7.05 Å². The summed E-state index contributed by atoms with van der Waals surface area (Å²) in [5, 5.41) is 12.0. The number of nitrogens with zero attached hydrogens (tertiary/aromatic N) is 5. The summed E-state index contributed by atoms with van der Waals surface area (Å²) < 4.78 is 4.07. The Morgan fingerprint density at radius 3 is 2.81 bits per heavy atom. The van der Waals surface area contributed by atoms with Gasteiger partial charge in [-0.2, -0.15) is 0 Å². The van der Waals surface area contributed by atoms with Crippen molar-refractivity contribution in [1.29, 1.82) is 0 Å². The van der Waals surface area contributed by atoms with Crippen molar-refractivity contribution in [2.45, 2.75) is 18.9 Å². The highest BCUT2D eigenvalue weighted by atomic mass is 15.4. The largest absolute Gasteiger partial charge is 0.326 e. The van der Waals surface area contributed by atoms with Crippen LogP contribution >= 0.6 is 0 Å². The van der Waals surface area contributed by atoms with E-state index in [1.54, 1.807) is 0 Å². The fraction of sp³-hybridized carbons (Fsp3) is 0.400. The van der Waals surface area contributed by atoms with Crippen molar-refractivity contribution >= 4 is 11.0 Å². The molecular formula is C15H18N6. The summed E-state index contributed by atoms with van der Waals surface area (Å²) in [5.41, 5.74) is 2.95. The highest BCUT2D eigenvalue weighted by Crippen LogP contribution is 2.24. The molecule has 6 nitrogen and oxygen atoms in total. The Morgan fingerprint density at radius 1 is 1.19 bits per heavy atom. The molecule has 0 radical (unpaired) electrons. The van der Waals surface area contributed by atoms with Crippen molar-refractivity contribution in [3.8, 4) is 11.5 Å². The molecular weight excluding hydrogens is 264 g/mol. The van der Waals surface area contributed by atoms with Gasteiger partial charge in [0.2, 0.25) is 0 Å². The number of imidazole rings is 1. The number of piperidine rings is 1. The fourth-order valence-electron chi connectivity index (χ4n) is 3.00. The first-order valence-corrected chi connectivity index (χ1v) is 7.37. The molecule has 1 aromatic carbocycles. The zero-order valence-corrected chi connectivity index (χ0v) is 12.0. The average molecular weight is 282 g/mol. The number of aromatic nitrogens is 5. The predicted molar refractivity (Wildman–Crippen MR) is 80.9 cm³/mol. The van der Waals surface area contributed by atoms with Crippen LogP contribution in [-0.2, 0) is 7.05 Å². The Morgan fingerprint density at radius 2 is 2.00 bits per heavy atom. The molecule has 0 saturated carbocycles. The monoisotopic (exact) mass is 282 g/mol. The van der Waals surface area contributed by atoms with E-state index in [1.807, 2.05) is 36.1 Å². The second kappa shape index (κ2) is 4.96. The number of rotatable bonds is 2. The zero-order valence-electron chi connectivity index (χ0n) is 12.0. The Balaban J connectivity index is 1.72. The van der Waals surface area contributed by atoms with E-state index in [0.29, 0.717) is 6.04 Å². The second-order valence-electron chi connectivity index (χ2n) is 5.55. The van der Waals surface area contributed by atoms with Gasteiger partial charge in [0.05, 0.1) is 23.3 Å². The van der Waals surface area contributed by atoms with Crippen LogP contribution in [0.1, 0.15) is 18.9 Å². The molecule has 3 aromatic rings. The molecule has 108 valence electrons. The fourth-order valence-corrected chi connectivity index (χ4v) is 3.00. The van der Waals surface area contributed by atoms with Gasteiger partial charge in [0.25, 0.3) is 0 Å². The molecule has 0 amide bonds. The normalized spacial score (nSPS) is 16.6. The summed E-state index contributed by atoms with van der Waals surface area (Å²) in [7, 11) is 2.02. The van der Waals surface area contributed by atoms with Crippen molar-refractivity contribution in [2.75, 3.05) is 13.1 Å². The summed E-state index contributed by atoms with van der Waals surface area (Å²) in [4.78, 5) is 4.68. The lowest BCUT2D eigenvalue weighted by Crippen LogP contribution is -2.29. The van der Waals surface area contributed by atoms with Crippen LogP contribution in [-0.4, -0.2) is 37.6 Å². The standard InChI is InChI=1S/C15H18N6/c1-20-14-5-3-2-4-12(14)17-15(20)13-10-21(19-18-13)11-6-8-16-9-7-11/h2-5,10-11,16H,6-9H2,1H3. The van der Waals surface area contributed by atoms with Gasteiger partial charge in [-0.3, -0.25) is 0 Å². The van der Waals surface area contributed by atoms with Gasteiger partial charge in [-0.25, -0.2) is 9.67 Å². The Kier molecular flexibility index (Phi) is 2.96. The van der Waals surface area contributed by atoms with E-state index in [0.717, 1.165) is 48.5 Å². The summed E-state index contributed by atoms with van der Waals surface area (Å²) in [6, 6.07) is 8.58. The summed E-state index contributed by atoms with van der Waals surface area (Å²) in [5.74, 6) is 0.872. The van der Waals surface area contributed by atoms with E-state index in [-0.39, 0.29) is 0 Å². The average Bonchev–Trinajstić information content (AvgIpc) is 3.14. The van der Waals surface area contributed by atoms with E-state index in [4.69, 9.17) is 0 Å². The maximum atomic E-state index is 4.68. The highest BCUT2D eigenvalue weighted by molar-refractivity contribution is 5.79. The number of nitrogens with one attached hydrogen (secondary N) is 1. The lowest BCUT2D eigenvalue weighted by molar-refractivity contribution is 0.337. The van der Waals surface area contributed by atoms with Gasteiger partial charge in [-0.15, -0.1) is 5.10 Å². The summed E-state index contributed by atoms with van der Waals surface area (Å²) >= 11 is 0. The van der Waals surface area contributed by atoms with Crippen LogP contribution in [0.2, 0.25) is 0 Å². The van der Waals surface area contributed by atoms with Crippen molar-refractivity contribution in [3.05, 3.63) is 30.5 Å². The van der Waals surface area contributed by atoms with E-state index >= 15 is 0 Å². The molecule has 6 heteroatoms. The van der Waals surface area contributed by atoms with Gasteiger partial charge < -0.3 is 9.88 Å². The third-order valence-electron chi connectivity index (χ3n) is 4.21. The first kappa shape index (κ1) is 12.5. The molecule has 0 aliphatic carbocycles. The topological polar surface area (TPSA) is 60.6 Å². The summed E-state index contributed by atoms with van der Waals surface area (Å²) in [6.07, 6.45) is 4.23.